The fraction of sp³-hybridized carbons (Fsp3) is 0.118. The van der Waals surface area contributed by atoms with Gasteiger partial charge in [0.1, 0.15) is 0 Å². The zero-order chi connectivity index (χ0) is 16.9. The molecular formula is C17H14N2O3S2. The van der Waals surface area contributed by atoms with Crippen LogP contribution < -0.4 is 5.32 Å². The second kappa shape index (κ2) is 7.46. The Labute approximate surface area is 147 Å². The molecule has 0 atom stereocenters. The van der Waals surface area contributed by atoms with Crippen molar-refractivity contribution in [1.29, 1.82) is 0 Å². The van der Waals surface area contributed by atoms with E-state index in [0.29, 0.717) is 10.6 Å². The summed E-state index contributed by atoms with van der Waals surface area (Å²) in [5, 5.41) is 4.30. The van der Waals surface area contributed by atoms with Gasteiger partial charge >= 0.3 is 0 Å². The largest absolute Gasteiger partial charge is 0.326 e. The van der Waals surface area contributed by atoms with Gasteiger partial charge in [-0.2, -0.15) is 0 Å². The van der Waals surface area contributed by atoms with Gasteiger partial charge in [0, 0.05) is 23.5 Å². The molecule has 1 aromatic heterocycles. The summed E-state index contributed by atoms with van der Waals surface area (Å²) >= 11 is 2.41. The lowest BCUT2D eigenvalue weighted by Crippen LogP contribution is -2.31. The summed E-state index contributed by atoms with van der Waals surface area (Å²) in [6.45, 7) is 0.0745. The van der Waals surface area contributed by atoms with Crippen molar-refractivity contribution in [3.63, 3.8) is 0 Å². The number of anilines is 1. The van der Waals surface area contributed by atoms with Crippen molar-refractivity contribution >= 4 is 51.9 Å². The third-order valence-corrected chi connectivity index (χ3v) is 5.04. The number of rotatable bonds is 5. The van der Waals surface area contributed by atoms with E-state index in [0.717, 1.165) is 21.5 Å². The van der Waals surface area contributed by atoms with E-state index in [2.05, 4.69) is 5.32 Å². The van der Waals surface area contributed by atoms with Gasteiger partial charge in [0.15, 0.2) is 0 Å². The van der Waals surface area contributed by atoms with E-state index in [9.17, 15) is 14.4 Å². The van der Waals surface area contributed by atoms with E-state index in [4.69, 9.17) is 0 Å². The molecule has 0 aliphatic carbocycles. The Morgan fingerprint density at radius 1 is 1.12 bits per heavy atom. The van der Waals surface area contributed by atoms with Crippen LogP contribution in [-0.4, -0.2) is 28.5 Å². The van der Waals surface area contributed by atoms with Gasteiger partial charge in [-0.1, -0.05) is 24.3 Å². The van der Waals surface area contributed by atoms with E-state index in [1.54, 1.807) is 18.2 Å². The number of benzene rings is 1. The Balaban J connectivity index is 1.58. The number of hydrogen-bond acceptors (Lipinski definition) is 5. The van der Waals surface area contributed by atoms with Gasteiger partial charge in [-0.15, -0.1) is 11.3 Å². The van der Waals surface area contributed by atoms with Crippen LogP contribution >= 0.6 is 23.1 Å². The number of hydrogen-bond donors (Lipinski definition) is 1. The van der Waals surface area contributed by atoms with Crippen molar-refractivity contribution in [3.05, 3.63) is 57.6 Å². The minimum atomic E-state index is -0.342. The number of nitrogens with zero attached hydrogens (tertiary/aromatic N) is 1. The summed E-state index contributed by atoms with van der Waals surface area (Å²) in [4.78, 5) is 38.7. The fourth-order valence-corrected chi connectivity index (χ4v) is 3.74. The highest BCUT2D eigenvalue weighted by atomic mass is 32.2. The van der Waals surface area contributed by atoms with Crippen LogP contribution in [-0.2, 0) is 9.59 Å². The fourth-order valence-electron chi connectivity index (χ4n) is 2.15. The SMILES string of the molecule is O=C(CCN1C(=O)SC(=Cc2cccs2)C1=O)Nc1ccccc1. The molecule has 3 amide bonds. The summed E-state index contributed by atoms with van der Waals surface area (Å²) < 4.78 is 0. The summed E-state index contributed by atoms with van der Waals surface area (Å²) in [6, 6.07) is 12.8. The lowest BCUT2D eigenvalue weighted by molar-refractivity contribution is -0.123. The minimum Gasteiger partial charge on any atom is -0.326 e. The number of para-hydroxylation sites is 1. The van der Waals surface area contributed by atoms with Crippen LogP contribution in [0.2, 0.25) is 0 Å². The van der Waals surface area contributed by atoms with Crippen molar-refractivity contribution in [2.45, 2.75) is 6.42 Å². The predicted octanol–water partition coefficient (Wildman–Crippen LogP) is 3.81. The molecule has 0 bridgehead atoms. The molecule has 1 aliphatic heterocycles. The maximum atomic E-state index is 12.3. The highest BCUT2D eigenvalue weighted by Crippen LogP contribution is 2.32. The quantitative estimate of drug-likeness (QED) is 0.825. The molecule has 1 N–H and O–H groups in total. The van der Waals surface area contributed by atoms with Crippen LogP contribution in [0.4, 0.5) is 10.5 Å². The van der Waals surface area contributed by atoms with Crippen LogP contribution in [0, 0.1) is 0 Å². The van der Waals surface area contributed by atoms with Gasteiger partial charge in [0.2, 0.25) is 5.91 Å². The molecule has 2 heterocycles. The number of amides is 3. The number of nitrogens with one attached hydrogen (secondary N) is 1. The second-order valence-corrected chi connectivity index (χ2v) is 6.99. The molecule has 1 aliphatic rings. The van der Waals surface area contributed by atoms with E-state index >= 15 is 0 Å². The van der Waals surface area contributed by atoms with Crippen molar-refractivity contribution in [2.24, 2.45) is 0 Å². The number of carbonyl (C=O) groups is 3. The van der Waals surface area contributed by atoms with Gasteiger partial charge in [-0.25, -0.2) is 0 Å². The molecule has 0 radical (unpaired) electrons. The first-order valence-electron chi connectivity index (χ1n) is 7.27. The third-order valence-electron chi connectivity index (χ3n) is 3.31. The van der Waals surface area contributed by atoms with Crippen molar-refractivity contribution < 1.29 is 14.4 Å². The normalized spacial score (nSPS) is 16.0. The highest BCUT2D eigenvalue weighted by molar-refractivity contribution is 8.18. The smallest absolute Gasteiger partial charge is 0.293 e. The van der Waals surface area contributed by atoms with Gasteiger partial charge in [-0.3, -0.25) is 19.3 Å². The standard InChI is InChI=1S/C17H14N2O3S2/c20-15(18-12-5-2-1-3-6-12)8-9-19-16(21)14(24-17(19)22)11-13-7-4-10-23-13/h1-7,10-11H,8-9H2,(H,18,20). The zero-order valence-corrected chi connectivity index (χ0v) is 14.2. The molecule has 1 saturated heterocycles. The maximum Gasteiger partial charge on any atom is 0.293 e. The van der Waals surface area contributed by atoms with Crippen LogP contribution in [0.15, 0.2) is 52.7 Å². The first kappa shape index (κ1) is 16.5. The highest BCUT2D eigenvalue weighted by Gasteiger charge is 2.35. The van der Waals surface area contributed by atoms with Gasteiger partial charge < -0.3 is 5.32 Å². The number of carbonyl (C=O) groups excluding carboxylic acids is 3. The molecule has 2 aromatic rings. The van der Waals surface area contributed by atoms with Crippen molar-refractivity contribution in [2.75, 3.05) is 11.9 Å². The molecule has 3 rings (SSSR count). The molecular weight excluding hydrogens is 344 g/mol. The molecule has 122 valence electrons. The first-order valence-corrected chi connectivity index (χ1v) is 8.97. The van der Waals surface area contributed by atoms with Crippen LogP contribution in [0.1, 0.15) is 11.3 Å². The summed E-state index contributed by atoms with van der Waals surface area (Å²) in [5.41, 5.74) is 0.689. The van der Waals surface area contributed by atoms with Gasteiger partial charge in [-0.05, 0) is 41.4 Å². The van der Waals surface area contributed by atoms with Gasteiger partial charge in [0.25, 0.3) is 11.1 Å². The Morgan fingerprint density at radius 3 is 2.62 bits per heavy atom. The van der Waals surface area contributed by atoms with E-state index in [1.165, 1.54) is 11.3 Å². The molecule has 0 spiro atoms. The number of imide groups is 1. The summed E-state index contributed by atoms with van der Waals surface area (Å²) in [7, 11) is 0. The minimum absolute atomic E-state index is 0.0687. The monoisotopic (exact) mass is 358 g/mol. The summed E-state index contributed by atoms with van der Waals surface area (Å²) in [6.07, 6.45) is 1.78. The average molecular weight is 358 g/mol. The molecule has 0 saturated carbocycles. The predicted molar refractivity (Wildman–Crippen MR) is 96.7 cm³/mol. The lowest BCUT2D eigenvalue weighted by atomic mass is 10.3. The average Bonchev–Trinajstić information content (AvgIpc) is 3.16. The second-order valence-electron chi connectivity index (χ2n) is 5.01. The number of thioether (sulfide) groups is 1. The topological polar surface area (TPSA) is 66.5 Å². The van der Waals surface area contributed by atoms with Crippen LogP contribution in [0.3, 0.4) is 0 Å². The van der Waals surface area contributed by atoms with Crippen LogP contribution in [0.5, 0.6) is 0 Å². The first-order chi connectivity index (χ1) is 11.6. The molecule has 1 fully saturated rings. The Bertz CT molecular complexity index is 785. The summed E-state index contributed by atoms with van der Waals surface area (Å²) in [5.74, 6) is -0.576. The zero-order valence-electron chi connectivity index (χ0n) is 12.6. The molecule has 5 nitrogen and oxygen atoms in total. The Morgan fingerprint density at radius 2 is 1.92 bits per heavy atom. The molecule has 7 heteroatoms. The van der Waals surface area contributed by atoms with E-state index in [-0.39, 0.29) is 30.0 Å². The molecule has 24 heavy (non-hydrogen) atoms. The van der Waals surface area contributed by atoms with E-state index in [1.807, 2.05) is 35.7 Å². The van der Waals surface area contributed by atoms with Crippen LogP contribution in [0.25, 0.3) is 6.08 Å². The van der Waals surface area contributed by atoms with E-state index < -0.39 is 0 Å². The van der Waals surface area contributed by atoms with Crippen molar-refractivity contribution in [3.8, 4) is 0 Å². The lowest BCUT2D eigenvalue weighted by Gasteiger charge is -2.12. The number of thiophene rings is 1. The molecule has 0 unspecified atom stereocenters. The third kappa shape index (κ3) is 3.93. The molecule has 1 aromatic carbocycles. The maximum absolute atomic E-state index is 12.3. The van der Waals surface area contributed by atoms with Crippen molar-refractivity contribution in [1.82, 2.24) is 4.90 Å². The Hall–Kier alpha value is -2.38. The Kier molecular flexibility index (Phi) is 5.12. The van der Waals surface area contributed by atoms with Gasteiger partial charge in [0.05, 0.1) is 4.91 Å².